The largest absolute Gasteiger partial charge is 0.322 e. The average Bonchev–Trinajstić information content (AvgIpc) is 3.08. The molecule has 25 heavy (non-hydrogen) atoms. The highest BCUT2D eigenvalue weighted by Gasteiger charge is 2.23. The van der Waals surface area contributed by atoms with Crippen molar-refractivity contribution in [3.63, 3.8) is 0 Å². The van der Waals surface area contributed by atoms with Gasteiger partial charge in [0.15, 0.2) is 5.78 Å². The van der Waals surface area contributed by atoms with Crippen molar-refractivity contribution in [2.45, 2.75) is 32.1 Å². The normalized spacial score (nSPS) is 14.9. The minimum atomic E-state index is -0.288. The van der Waals surface area contributed by atoms with Crippen molar-refractivity contribution in [3.8, 4) is 11.3 Å². The Morgan fingerprint density at radius 3 is 2.64 bits per heavy atom. The highest BCUT2D eigenvalue weighted by molar-refractivity contribution is 6.04. The Hall–Kier alpha value is -2.69. The summed E-state index contributed by atoms with van der Waals surface area (Å²) in [7, 11) is 1.84. The van der Waals surface area contributed by atoms with Gasteiger partial charge in [-0.1, -0.05) is 25.8 Å². The zero-order valence-electron chi connectivity index (χ0n) is 14.5. The molecular formula is C20H23N3O2. The van der Waals surface area contributed by atoms with Gasteiger partial charge in [-0.15, -0.1) is 0 Å². The number of ketones is 1. The maximum Gasteiger partial charge on any atom is 0.247 e. The zero-order valence-corrected chi connectivity index (χ0v) is 14.5. The molecule has 2 aromatic rings. The average molecular weight is 337 g/mol. The molecule has 1 amide bonds. The fourth-order valence-corrected chi connectivity index (χ4v) is 3.36. The SMILES string of the molecule is C=CC(=O)Nc1ccc(C(=O)C2CCCCC2)cc1-c1ccn(C)n1. The second-order valence-electron chi connectivity index (χ2n) is 6.53. The number of anilines is 1. The molecule has 3 rings (SSSR count). The molecule has 5 nitrogen and oxygen atoms in total. The summed E-state index contributed by atoms with van der Waals surface area (Å²) in [6.45, 7) is 3.48. The summed E-state index contributed by atoms with van der Waals surface area (Å²) in [6, 6.07) is 7.29. The molecule has 0 atom stereocenters. The second-order valence-corrected chi connectivity index (χ2v) is 6.53. The van der Waals surface area contributed by atoms with E-state index >= 15 is 0 Å². The van der Waals surface area contributed by atoms with Crippen LogP contribution in [0.1, 0.15) is 42.5 Å². The first-order valence-electron chi connectivity index (χ1n) is 8.70. The van der Waals surface area contributed by atoms with E-state index in [0.29, 0.717) is 11.3 Å². The third-order valence-corrected chi connectivity index (χ3v) is 4.71. The molecule has 0 radical (unpaired) electrons. The predicted octanol–water partition coefficient (Wildman–Crippen LogP) is 3.97. The molecule has 1 N–H and O–H groups in total. The Morgan fingerprint density at radius 2 is 2.00 bits per heavy atom. The van der Waals surface area contributed by atoms with Crippen LogP contribution in [0.3, 0.4) is 0 Å². The summed E-state index contributed by atoms with van der Waals surface area (Å²) >= 11 is 0. The van der Waals surface area contributed by atoms with E-state index in [1.54, 1.807) is 16.8 Å². The minimum absolute atomic E-state index is 0.110. The van der Waals surface area contributed by atoms with Gasteiger partial charge in [0.2, 0.25) is 5.91 Å². The molecule has 0 saturated heterocycles. The molecule has 5 heteroatoms. The molecule has 1 saturated carbocycles. The van der Waals surface area contributed by atoms with Gasteiger partial charge in [0.25, 0.3) is 0 Å². The molecule has 1 heterocycles. The Bertz CT molecular complexity index is 801. The molecule has 1 fully saturated rings. The molecular weight excluding hydrogens is 314 g/mol. The van der Waals surface area contributed by atoms with Crippen LogP contribution in [0.2, 0.25) is 0 Å². The lowest BCUT2D eigenvalue weighted by Crippen LogP contribution is -2.18. The minimum Gasteiger partial charge on any atom is -0.322 e. The van der Waals surface area contributed by atoms with Crippen molar-refractivity contribution in [1.29, 1.82) is 0 Å². The summed E-state index contributed by atoms with van der Waals surface area (Å²) in [4.78, 5) is 24.6. The maximum absolute atomic E-state index is 12.8. The number of carbonyl (C=O) groups is 2. The van der Waals surface area contributed by atoms with E-state index < -0.39 is 0 Å². The van der Waals surface area contributed by atoms with Gasteiger partial charge < -0.3 is 5.32 Å². The highest BCUT2D eigenvalue weighted by Crippen LogP contribution is 2.31. The van der Waals surface area contributed by atoms with Crippen LogP contribution in [-0.4, -0.2) is 21.5 Å². The monoisotopic (exact) mass is 337 g/mol. The van der Waals surface area contributed by atoms with E-state index in [1.807, 2.05) is 25.4 Å². The van der Waals surface area contributed by atoms with Gasteiger partial charge in [0.1, 0.15) is 0 Å². The van der Waals surface area contributed by atoms with Gasteiger partial charge in [0.05, 0.1) is 11.4 Å². The van der Waals surface area contributed by atoms with Crippen molar-refractivity contribution < 1.29 is 9.59 Å². The molecule has 0 spiro atoms. The first kappa shape index (κ1) is 17.1. The Morgan fingerprint density at radius 1 is 1.24 bits per heavy atom. The maximum atomic E-state index is 12.8. The molecule has 1 aromatic carbocycles. The number of Topliss-reactive ketones (excluding diaryl/α,β-unsaturated/α-hetero) is 1. The molecule has 0 bridgehead atoms. The van der Waals surface area contributed by atoms with Gasteiger partial charge in [-0.25, -0.2) is 0 Å². The second kappa shape index (κ2) is 7.47. The van der Waals surface area contributed by atoms with Gasteiger partial charge in [-0.05, 0) is 43.2 Å². The van der Waals surface area contributed by atoms with Gasteiger partial charge >= 0.3 is 0 Å². The van der Waals surface area contributed by atoms with Gasteiger partial charge in [-0.3, -0.25) is 14.3 Å². The number of rotatable bonds is 5. The van der Waals surface area contributed by atoms with Crippen LogP contribution in [0.15, 0.2) is 43.1 Å². The van der Waals surface area contributed by atoms with E-state index in [9.17, 15) is 9.59 Å². The van der Waals surface area contributed by atoms with Crippen LogP contribution < -0.4 is 5.32 Å². The van der Waals surface area contributed by atoms with E-state index in [0.717, 1.165) is 36.9 Å². The van der Waals surface area contributed by atoms with Crippen LogP contribution in [0.5, 0.6) is 0 Å². The lowest BCUT2D eigenvalue weighted by Gasteiger charge is -2.21. The number of nitrogens with zero attached hydrogens (tertiary/aromatic N) is 2. The van der Waals surface area contributed by atoms with Gasteiger partial charge in [0, 0.05) is 30.3 Å². The fourth-order valence-electron chi connectivity index (χ4n) is 3.36. The van der Waals surface area contributed by atoms with E-state index in [-0.39, 0.29) is 17.6 Å². The Kier molecular flexibility index (Phi) is 5.12. The van der Waals surface area contributed by atoms with Crippen molar-refractivity contribution in [3.05, 3.63) is 48.7 Å². The number of hydrogen-bond acceptors (Lipinski definition) is 3. The number of aromatic nitrogens is 2. The first-order chi connectivity index (χ1) is 12.1. The summed E-state index contributed by atoms with van der Waals surface area (Å²) in [6.07, 6.45) is 8.45. The molecule has 1 aliphatic carbocycles. The van der Waals surface area contributed by atoms with Crippen molar-refractivity contribution in [2.75, 3.05) is 5.32 Å². The topological polar surface area (TPSA) is 64.0 Å². The Labute approximate surface area is 147 Å². The van der Waals surface area contributed by atoms with Crippen molar-refractivity contribution >= 4 is 17.4 Å². The third kappa shape index (κ3) is 3.87. The van der Waals surface area contributed by atoms with E-state index in [1.165, 1.54) is 12.5 Å². The number of aryl methyl sites for hydroxylation is 1. The number of benzene rings is 1. The molecule has 1 aliphatic rings. The van der Waals surface area contributed by atoms with Crippen LogP contribution in [0.4, 0.5) is 5.69 Å². The quantitative estimate of drug-likeness (QED) is 0.663. The van der Waals surface area contributed by atoms with E-state index in [4.69, 9.17) is 0 Å². The third-order valence-electron chi connectivity index (χ3n) is 4.71. The summed E-state index contributed by atoms with van der Waals surface area (Å²) in [5, 5.41) is 7.21. The fraction of sp³-hybridized carbons (Fsp3) is 0.350. The molecule has 130 valence electrons. The molecule has 0 aliphatic heterocycles. The smallest absolute Gasteiger partial charge is 0.247 e. The van der Waals surface area contributed by atoms with Crippen molar-refractivity contribution in [2.24, 2.45) is 13.0 Å². The van der Waals surface area contributed by atoms with Crippen molar-refractivity contribution in [1.82, 2.24) is 9.78 Å². The van der Waals surface area contributed by atoms with Crippen LogP contribution in [-0.2, 0) is 11.8 Å². The molecule has 0 unspecified atom stereocenters. The number of hydrogen-bond donors (Lipinski definition) is 1. The summed E-state index contributed by atoms with van der Waals surface area (Å²) in [5.41, 5.74) is 2.78. The lowest BCUT2D eigenvalue weighted by atomic mass is 9.83. The zero-order chi connectivity index (χ0) is 17.8. The lowest BCUT2D eigenvalue weighted by molar-refractivity contribution is -0.111. The van der Waals surface area contributed by atoms with Crippen LogP contribution in [0, 0.1) is 5.92 Å². The van der Waals surface area contributed by atoms with Crippen LogP contribution in [0.25, 0.3) is 11.3 Å². The standard InChI is InChI=1S/C20H23N3O2/c1-3-19(24)21-17-10-9-15(20(25)14-7-5-4-6-8-14)13-16(17)18-11-12-23(2)22-18/h3,9-14H,1,4-8H2,2H3,(H,21,24). The number of carbonyl (C=O) groups excluding carboxylic acids is 2. The summed E-state index contributed by atoms with van der Waals surface area (Å²) < 4.78 is 1.70. The highest BCUT2D eigenvalue weighted by atomic mass is 16.1. The van der Waals surface area contributed by atoms with Gasteiger partial charge in [-0.2, -0.15) is 5.10 Å². The Balaban J connectivity index is 1.97. The summed E-state index contributed by atoms with van der Waals surface area (Å²) in [5.74, 6) is 0.0148. The molecule has 1 aromatic heterocycles. The predicted molar refractivity (Wildman–Crippen MR) is 98.4 cm³/mol. The van der Waals surface area contributed by atoms with E-state index in [2.05, 4.69) is 17.0 Å². The number of amides is 1. The first-order valence-corrected chi connectivity index (χ1v) is 8.70. The van der Waals surface area contributed by atoms with Crippen LogP contribution >= 0.6 is 0 Å². The number of nitrogens with one attached hydrogen (secondary N) is 1.